The third-order valence-corrected chi connectivity index (χ3v) is 4.65. The summed E-state index contributed by atoms with van der Waals surface area (Å²) >= 11 is 0. The Hall–Kier alpha value is -1.69. The van der Waals surface area contributed by atoms with Crippen molar-refractivity contribution in [2.24, 2.45) is 0 Å². The van der Waals surface area contributed by atoms with Crippen LogP contribution in [0.1, 0.15) is 5.56 Å². The fourth-order valence-electron chi connectivity index (χ4n) is 2.11. The third kappa shape index (κ3) is 3.91. The predicted octanol–water partition coefficient (Wildman–Crippen LogP) is 2.32. The molecule has 0 saturated heterocycles. The van der Waals surface area contributed by atoms with E-state index in [0.717, 1.165) is 17.7 Å². The number of sulfonamides is 1. The Kier molecular flexibility index (Phi) is 4.77. The summed E-state index contributed by atoms with van der Waals surface area (Å²) in [5.74, 6) is 0. The van der Waals surface area contributed by atoms with E-state index in [9.17, 15) is 8.42 Å². The van der Waals surface area contributed by atoms with Gasteiger partial charge in [0.05, 0.1) is 4.90 Å². The predicted molar refractivity (Wildman–Crippen MR) is 85.5 cm³/mol. The molecule has 0 fully saturated rings. The molecule has 1 N–H and O–H groups in total. The first-order valence-corrected chi connectivity index (χ1v) is 8.18. The van der Waals surface area contributed by atoms with E-state index in [-0.39, 0.29) is 4.90 Å². The highest BCUT2D eigenvalue weighted by atomic mass is 32.2. The lowest BCUT2D eigenvalue weighted by Gasteiger charge is -2.10. The van der Waals surface area contributed by atoms with E-state index in [1.165, 1.54) is 12.6 Å². The number of nitrogens with zero attached hydrogens (tertiary/aromatic N) is 1. The Morgan fingerprint density at radius 2 is 1.38 bits per heavy atom. The van der Waals surface area contributed by atoms with Crippen molar-refractivity contribution in [1.29, 1.82) is 0 Å². The topological polar surface area (TPSA) is 49.4 Å². The smallest absolute Gasteiger partial charge is 0.240 e. The fraction of sp³-hybridized carbons (Fsp3) is 0.250. The normalized spacial score (nSPS) is 11.8. The molecule has 21 heavy (non-hydrogen) atoms. The highest BCUT2D eigenvalue weighted by Gasteiger charge is 2.10. The summed E-state index contributed by atoms with van der Waals surface area (Å²) < 4.78 is 25.7. The number of benzene rings is 2. The van der Waals surface area contributed by atoms with Crippen LogP contribution in [0.4, 0.5) is 0 Å². The van der Waals surface area contributed by atoms with Crippen LogP contribution >= 0.6 is 0 Å². The van der Waals surface area contributed by atoms with E-state index in [4.69, 9.17) is 0 Å². The van der Waals surface area contributed by atoms with Gasteiger partial charge in [0.1, 0.15) is 0 Å². The van der Waals surface area contributed by atoms with Crippen LogP contribution in [0.2, 0.25) is 0 Å². The van der Waals surface area contributed by atoms with Crippen molar-refractivity contribution in [3.63, 3.8) is 0 Å². The second kappa shape index (κ2) is 6.39. The van der Waals surface area contributed by atoms with E-state index >= 15 is 0 Å². The van der Waals surface area contributed by atoms with Crippen LogP contribution in [0.15, 0.2) is 53.4 Å². The minimum Gasteiger partial charge on any atom is -0.305 e. The summed E-state index contributed by atoms with van der Waals surface area (Å²) in [7, 11) is 2.11. The molecule has 0 aliphatic rings. The molecule has 0 heterocycles. The SMILES string of the molecule is CNS(=O)(=O)c1ccc(-c2ccc(CN(C)C)cc2)cc1. The van der Waals surface area contributed by atoms with Crippen molar-refractivity contribution in [1.82, 2.24) is 9.62 Å². The molecule has 0 unspecified atom stereocenters. The molecule has 4 nitrogen and oxygen atoms in total. The van der Waals surface area contributed by atoms with Gasteiger partial charge in [-0.3, -0.25) is 0 Å². The Morgan fingerprint density at radius 1 is 0.905 bits per heavy atom. The number of hydrogen-bond donors (Lipinski definition) is 1. The van der Waals surface area contributed by atoms with Gasteiger partial charge in [0.15, 0.2) is 0 Å². The van der Waals surface area contributed by atoms with Crippen molar-refractivity contribution >= 4 is 10.0 Å². The van der Waals surface area contributed by atoms with Gasteiger partial charge in [0.25, 0.3) is 0 Å². The lowest BCUT2D eigenvalue weighted by molar-refractivity contribution is 0.402. The number of hydrogen-bond acceptors (Lipinski definition) is 3. The molecular weight excluding hydrogens is 284 g/mol. The van der Waals surface area contributed by atoms with Crippen LogP contribution in [0.5, 0.6) is 0 Å². The van der Waals surface area contributed by atoms with Crippen molar-refractivity contribution in [2.75, 3.05) is 21.1 Å². The highest BCUT2D eigenvalue weighted by Crippen LogP contribution is 2.22. The molecule has 2 aromatic carbocycles. The van der Waals surface area contributed by atoms with Crippen LogP contribution in [-0.2, 0) is 16.6 Å². The lowest BCUT2D eigenvalue weighted by Crippen LogP contribution is -2.18. The van der Waals surface area contributed by atoms with Gasteiger partial charge in [-0.2, -0.15) is 0 Å². The highest BCUT2D eigenvalue weighted by molar-refractivity contribution is 7.89. The van der Waals surface area contributed by atoms with Gasteiger partial charge in [0.2, 0.25) is 10.0 Å². The molecule has 0 amide bonds. The Labute approximate surface area is 126 Å². The van der Waals surface area contributed by atoms with Crippen LogP contribution in [0.3, 0.4) is 0 Å². The molecule has 0 aliphatic carbocycles. The standard InChI is InChI=1S/C16H20N2O2S/c1-17-21(19,20)16-10-8-15(9-11-16)14-6-4-13(5-7-14)12-18(2)3/h4-11,17H,12H2,1-3H3. The monoisotopic (exact) mass is 304 g/mol. The number of rotatable bonds is 5. The molecule has 5 heteroatoms. The molecule has 2 rings (SSSR count). The van der Waals surface area contributed by atoms with Gasteiger partial charge in [-0.15, -0.1) is 0 Å². The Balaban J connectivity index is 2.23. The van der Waals surface area contributed by atoms with Crippen molar-refractivity contribution in [3.8, 4) is 11.1 Å². The van der Waals surface area contributed by atoms with Crippen LogP contribution in [0, 0.1) is 0 Å². The van der Waals surface area contributed by atoms with Crippen LogP contribution in [-0.4, -0.2) is 34.5 Å². The van der Waals surface area contributed by atoms with Gasteiger partial charge in [-0.1, -0.05) is 36.4 Å². The summed E-state index contributed by atoms with van der Waals surface area (Å²) in [4.78, 5) is 2.39. The van der Waals surface area contributed by atoms with Crippen LogP contribution < -0.4 is 4.72 Å². The van der Waals surface area contributed by atoms with Gasteiger partial charge < -0.3 is 4.90 Å². The van der Waals surface area contributed by atoms with Gasteiger partial charge in [-0.05, 0) is 50.0 Å². The van der Waals surface area contributed by atoms with Crippen molar-refractivity contribution < 1.29 is 8.42 Å². The average Bonchev–Trinajstić information content (AvgIpc) is 2.47. The van der Waals surface area contributed by atoms with Gasteiger partial charge in [-0.25, -0.2) is 13.1 Å². The van der Waals surface area contributed by atoms with Crippen molar-refractivity contribution in [2.45, 2.75) is 11.4 Å². The Morgan fingerprint density at radius 3 is 1.81 bits per heavy atom. The van der Waals surface area contributed by atoms with E-state index in [1.807, 2.05) is 26.2 Å². The molecule has 0 radical (unpaired) electrons. The average molecular weight is 304 g/mol. The lowest BCUT2D eigenvalue weighted by atomic mass is 10.0. The molecule has 0 aliphatic heterocycles. The van der Waals surface area contributed by atoms with E-state index in [1.54, 1.807) is 12.1 Å². The Bertz CT molecular complexity index is 690. The molecule has 0 saturated carbocycles. The first-order valence-electron chi connectivity index (χ1n) is 6.70. The second-order valence-electron chi connectivity index (χ2n) is 5.17. The van der Waals surface area contributed by atoms with Crippen molar-refractivity contribution in [3.05, 3.63) is 54.1 Å². The molecule has 2 aromatic rings. The zero-order chi connectivity index (χ0) is 15.5. The zero-order valence-corrected chi connectivity index (χ0v) is 13.3. The molecule has 0 atom stereocenters. The minimum absolute atomic E-state index is 0.276. The largest absolute Gasteiger partial charge is 0.305 e. The summed E-state index contributed by atoms with van der Waals surface area (Å²) in [6.45, 7) is 0.902. The van der Waals surface area contributed by atoms with E-state index in [2.05, 4.69) is 33.9 Å². The van der Waals surface area contributed by atoms with E-state index in [0.29, 0.717) is 0 Å². The summed E-state index contributed by atoms with van der Waals surface area (Å²) in [5.41, 5.74) is 3.32. The molecular formula is C16H20N2O2S. The zero-order valence-electron chi connectivity index (χ0n) is 12.5. The number of nitrogens with one attached hydrogen (secondary N) is 1. The molecule has 112 valence electrons. The van der Waals surface area contributed by atoms with E-state index < -0.39 is 10.0 Å². The summed E-state index contributed by atoms with van der Waals surface area (Å²) in [6.07, 6.45) is 0. The third-order valence-electron chi connectivity index (χ3n) is 3.22. The van der Waals surface area contributed by atoms with Crippen LogP contribution in [0.25, 0.3) is 11.1 Å². The molecule has 0 bridgehead atoms. The molecule has 0 spiro atoms. The first-order chi connectivity index (χ1) is 9.92. The minimum atomic E-state index is -3.37. The maximum absolute atomic E-state index is 11.7. The van der Waals surface area contributed by atoms with Gasteiger partial charge >= 0.3 is 0 Å². The maximum atomic E-state index is 11.7. The summed E-state index contributed by atoms with van der Waals surface area (Å²) in [6, 6.07) is 15.2. The first kappa shape index (κ1) is 15.7. The quantitative estimate of drug-likeness (QED) is 0.922. The second-order valence-corrected chi connectivity index (χ2v) is 7.05. The molecule has 0 aromatic heterocycles. The fourth-order valence-corrected chi connectivity index (χ4v) is 2.84. The summed E-state index contributed by atoms with van der Waals surface area (Å²) in [5, 5.41) is 0. The maximum Gasteiger partial charge on any atom is 0.240 e. The van der Waals surface area contributed by atoms with Gasteiger partial charge in [0, 0.05) is 6.54 Å².